The molecule has 1 heterocycles. The number of fused-ring (bicyclic) bond motifs is 1. The molecule has 0 aromatic heterocycles. The van der Waals surface area contributed by atoms with E-state index in [0.717, 1.165) is 37.4 Å². The zero-order valence-corrected chi connectivity index (χ0v) is 14.1. The normalized spacial score (nSPS) is 16.1. The van der Waals surface area contributed by atoms with Crippen LogP contribution < -0.4 is 5.32 Å². The van der Waals surface area contributed by atoms with Gasteiger partial charge >= 0.3 is 6.15 Å². The van der Waals surface area contributed by atoms with Gasteiger partial charge in [0.25, 0.3) is 0 Å². The van der Waals surface area contributed by atoms with Crippen LogP contribution in [0.5, 0.6) is 0 Å². The average molecular weight is 327 g/mol. The first-order chi connectivity index (χ1) is 11.7. The summed E-state index contributed by atoms with van der Waals surface area (Å²) in [5.41, 5.74) is 2.34. The van der Waals surface area contributed by atoms with Crippen molar-refractivity contribution in [3.8, 4) is 0 Å². The molecule has 1 unspecified atom stereocenters. The Morgan fingerprint density at radius 1 is 1.21 bits per heavy atom. The smallest absolute Gasteiger partial charge is 0.373 e. The van der Waals surface area contributed by atoms with Crippen molar-refractivity contribution in [2.45, 2.75) is 38.7 Å². The van der Waals surface area contributed by atoms with Crippen LogP contribution in [0.25, 0.3) is 10.8 Å². The molecule has 2 aromatic rings. The van der Waals surface area contributed by atoms with Crippen molar-refractivity contribution in [1.29, 1.82) is 0 Å². The second-order valence-corrected chi connectivity index (χ2v) is 6.44. The molecule has 1 saturated heterocycles. The molecule has 0 spiro atoms. The number of nitrogens with one attached hydrogen (secondary N) is 1. The number of aliphatic hydroxyl groups excluding tert-OH is 1. The number of hydrogen-bond donors (Lipinski definition) is 2. The van der Waals surface area contributed by atoms with Crippen molar-refractivity contribution in [3.63, 3.8) is 0 Å². The first kappa shape index (κ1) is 18.3. The van der Waals surface area contributed by atoms with Crippen LogP contribution in [0.3, 0.4) is 0 Å². The maximum absolute atomic E-state index is 10.6. The Labute approximate surface area is 142 Å². The number of carbonyl (C=O) groups excluding carboxylic acids is 2. The summed E-state index contributed by atoms with van der Waals surface area (Å²) in [5.74, 6) is 0.776. The maximum atomic E-state index is 10.6. The van der Waals surface area contributed by atoms with Crippen LogP contribution in [0, 0.1) is 12.8 Å². The van der Waals surface area contributed by atoms with E-state index in [1.54, 1.807) is 0 Å². The lowest BCUT2D eigenvalue weighted by atomic mass is 9.89. The summed E-state index contributed by atoms with van der Waals surface area (Å²) in [6, 6.07) is 12.7. The van der Waals surface area contributed by atoms with Gasteiger partial charge in [-0.15, -0.1) is 0 Å². The Morgan fingerprint density at radius 2 is 1.92 bits per heavy atom. The lowest BCUT2D eigenvalue weighted by molar-refractivity contribution is -0.191. The predicted octanol–water partition coefficient (Wildman–Crippen LogP) is 3.38. The van der Waals surface area contributed by atoms with Crippen molar-refractivity contribution in [1.82, 2.24) is 5.32 Å². The summed E-state index contributed by atoms with van der Waals surface area (Å²) >= 11 is 0. The Hall–Kier alpha value is -2.00. The molecule has 3 rings (SSSR count). The minimum absolute atomic E-state index is 0.250. The van der Waals surface area contributed by atoms with Gasteiger partial charge in [0.05, 0.1) is 6.10 Å². The molecule has 0 aliphatic carbocycles. The first-order valence-electron chi connectivity index (χ1n) is 8.53. The minimum Gasteiger partial charge on any atom is -0.388 e. The highest BCUT2D eigenvalue weighted by atomic mass is 16.3. The summed E-state index contributed by atoms with van der Waals surface area (Å²) in [6.45, 7) is 4.38. The molecule has 0 amide bonds. The third-order valence-corrected chi connectivity index (χ3v) is 4.74. The fourth-order valence-electron chi connectivity index (χ4n) is 3.42. The molecule has 0 bridgehead atoms. The fourth-order valence-corrected chi connectivity index (χ4v) is 3.42. The van der Waals surface area contributed by atoms with Crippen LogP contribution in [0.4, 0.5) is 0 Å². The third kappa shape index (κ3) is 5.00. The van der Waals surface area contributed by atoms with E-state index in [0.29, 0.717) is 0 Å². The molecule has 4 heteroatoms. The monoisotopic (exact) mass is 327 g/mol. The number of aliphatic hydroxyl groups is 1. The maximum Gasteiger partial charge on any atom is 0.373 e. The van der Waals surface area contributed by atoms with Gasteiger partial charge in [-0.05, 0) is 68.0 Å². The molecular formula is C20H25NO3. The highest BCUT2D eigenvalue weighted by Gasteiger charge is 2.17. The van der Waals surface area contributed by atoms with E-state index in [4.69, 9.17) is 9.59 Å². The van der Waals surface area contributed by atoms with Crippen molar-refractivity contribution >= 4 is 16.9 Å². The number of piperidine rings is 1. The molecule has 2 N–H and O–H groups in total. The Balaban J connectivity index is 0.000000647. The Kier molecular flexibility index (Phi) is 7.13. The Morgan fingerprint density at radius 3 is 2.62 bits per heavy atom. The summed E-state index contributed by atoms with van der Waals surface area (Å²) in [4.78, 5) is 16.2. The van der Waals surface area contributed by atoms with Crippen LogP contribution in [0.2, 0.25) is 0 Å². The van der Waals surface area contributed by atoms with Crippen molar-refractivity contribution in [2.24, 2.45) is 5.92 Å². The van der Waals surface area contributed by atoms with E-state index >= 15 is 0 Å². The van der Waals surface area contributed by atoms with E-state index in [2.05, 4.69) is 48.6 Å². The first-order valence-corrected chi connectivity index (χ1v) is 8.53. The molecule has 0 radical (unpaired) electrons. The van der Waals surface area contributed by atoms with Gasteiger partial charge in [-0.1, -0.05) is 42.0 Å². The van der Waals surface area contributed by atoms with Crippen molar-refractivity contribution in [2.75, 3.05) is 13.1 Å². The van der Waals surface area contributed by atoms with E-state index in [1.165, 1.54) is 29.2 Å². The largest absolute Gasteiger partial charge is 0.388 e. The van der Waals surface area contributed by atoms with Gasteiger partial charge in [0.15, 0.2) is 0 Å². The summed E-state index contributed by atoms with van der Waals surface area (Å²) < 4.78 is 0. The molecule has 1 atom stereocenters. The molecule has 24 heavy (non-hydrogen) atoms. The van der Waals surface area contributed by atoms with Gasteiger partial charge in [-0.25, -0.2) is 0 Å². The Bertz CT molecular complexity index is 686. The molecule has 0 saturated carbocycles. The van der Waals surface area contributed by atoms with E-state index in [-0.39, 0.29) is 12.3 Å². The summed E-state index contributed by atoms with van der Waals surface area (Å²) in [5, 5.41) is 16.5. The van der Waals surface area contributed by atoms with Crippen LogP contribution in [0.1, 0.15) is 42.9 Å². The van der Waals surface area contributed by atoms with Crippen LogP contribution in [-0.4, -0.2) is 24.3 Å². The molecule has 128 valence electrons. The van der Waals surface area contributed by atoms with Crippen molar-refractivity contribution in [3.05, 3.63) is 47.5 Å². The number of benzene rings is 2. The fraction of sp³-hybridized carbons (Fsp3) is 0.450. The molecule has 1 fully saturated rings. The van der Waals surface area contributed by atoms with Crippen LogP contribution >= 0.6 is 0 Å². The molecule has 2 aromatic carbocycles. The molecule has 1 aliphatic heterocycles. The van der Waals surface area contributed by atoms with E-state index < -0.39 is 0 Å². The molecule has 1 aliphatic rings. The predicted molar refractivity (Wildman–Crippen MR) is 93.5 cm³/mol. The zero-order valence-electron chi connectivity index (χ0n) is 14.1. The van der Waals surface area contributed by atoms with Gasteiger partial charge in [0.1, 0.15) is 0 Å². The number of hydrogen-bond acceptors (Lipinski definition) is 4. The van der Waals surface area contributed by atoms with Gasteiger partial charge < -0.3 is 10.4 Å². The summed E-state index contributed by atoms with van der Waals surface area (Å²) in [6.07, 6.45) is 4.41. The van der Waals surface area contributed by atoms with Gasteiger partial charge in [-0.2, -0.15) is 9.59 Å². The minimum atomic E-state index is -0.342. The highest BCUT2D eigenvalue weighted by molar-refractivity contribution is 5.86. The van der Waals surface area contributed by atoms with Gasteiger partial charge in [0, 0.05) is 0 Å². The molecule has 4 nitrogen and oxygen atoms in total. The molecular weight excluding hydrogens is 302 g/mol. The number of rotatable bonds is 4. The lowest BCUT2D eigenvalue weighted by Gasteiger charge is -2.24. The zero-order chi connectivity index (χ0) is 17.4. The highest BCUT2D eigenvalue weighted by Crippen LogP contribution is 2.30. The number of aryl methyl sites for hydroxylation is 1. The SMILES string of the molecule is Cc1ccc2cccc(C(O)CCC3CCNCC3)c2c1.O=C=O. The van der Waals surface area contributed by atoms with Gasteiger partial charge in [0.2, 0.25) is 0 Å². The standard InChI is InChI=1S/C19H25NO.CO2/c1-14-5-7-16-3-2-4-17(18(16)13-14)19(21)8-6-15-9-11-20-12-10-15;2-1-3/h2-5,7,13,15,19-21H,6,8-12H2,1H3;. The summed E-state index contributed by atoms with van der Waals surface area (Å²) in [7, 11) is 0. The van der Waals surface area contributed by atoms with Gasteiger partial charge in [-0.3, -0.25) is 0 Å². The van der Waals surface area contributed by atoms with E-state index in [1.807, 2.05) is 0 Å². The second-order valence-electron chi connectivity index (χ2n) is 6.44. The van der Waals surface area contributed by atoms with Crippen LogP contribution in [0.15, 0.2) is 36.4 Å². The second kappa shape index (κ2) is 9.33. The third-order valence-electron chi connectivity index (χ3n) is 4.74. The van der Waals surface area contributed by atoms with E-state index in [9.17, 15) is 5.11 Å². The lowest BCUT2D eigenvalue weighted by Crippen LogP contribution is -2.27. The topological polar surface area (TPSA) is 66.4 Å². The average Bonchev–Trinajstić information content (AvgIpc) is 2.60. The quantitative estimate of drug-likeness (QED) is 0.903. The van der Waals surface area contributed by atoms with Crippen LogP contribution in [-0.2, 0) is 9.59 Å². The van der Waals surface area contributed by atoms with Crippen molar-refractivity contribution < 1.29 is 14.7 Å².